The van der Waals surface area contributed by atoms with Gasteiger partial charge in [0.05, 0.1) is 22.4 Å². The van der Waals surface area contributed by atoms with Crippen molar-refractivity contribution in [3.8, 4) is 11.4 Å². The SMILES string of the molecule is CC(C)(C)c1cc(-c2cscn2)nc2ccccc12. The molecule has 3 aromatic rings. The Balaban J connectivity index is 2.33. The third-order valence-electron chi connectivity index (χ3n) is 3.22. The Morgan fingerprint density at radius 1 is 1.05 bits per heavy atom. The molecule has 0 radical (unpaired) electrons. The highest BCUT2D eigenvalue weighted by atomic mass is 32.1. The molecule has 0 unspecified atom stereocenters. The number of hydrogen-bond acceptors (Lipinski definition) is 3. The van der Waals surface area contributed by atoms with Gasteiger partial charge in [-0.25, -0.2) is 9.97 Å². The molecule has 0 saturated heterocycles. The van der Waals surface area contributed by atoms with Gasteiger partial charge in [-0.1, -0.05) is 39.0 Å². The molecule has 0 aliphatic rings. The molecule has 0 bridgehead atoms. The molecule has 19 heavy (non-hydrogen) atoms. The number of nitrogens with zero attached hydrogens (tertiary/aromatic N) is 2. The van der Waals surface area contributed by atoms with E-state index < -0.39 is 0 Å². The first-order valence-electron chi connectivity index (χ1n) is 6.34. The number of benzene rings is 1. The standard InChI is InChI=1S/C16H16N2S/c1-16(2,3)12-8-14(15-9-19-10-17-15)18-13-7-5-4-6-11(12)13/h4-10H,1-3H3. The van der Waals surface area contributed by atoms with Gasteiger partial charge >= 0.3 is 0 Å². The van der Waals surface area contributed by atoms with Gasteiger partial charge in [0.25, 0.3) is 0 Å². The zero-order chi connectivity index (χ0) is 13.5. The number of para-hydroxylation sites is 1. The lowest BCUT2D eigenvalue weighted by atomic mass is 9.84. The Hall–Kier alpha value is -1.74. The molecule has 2 heterocycles. The molecule has 96 valence electrons. The molecule has 0 saturated carbocycles. The minimum Gasteiger partial charge on any atom is -0.246 e. The van der Waals surface area contributed by atoms with Crippen LogP contribution < -0.4 is 0 Å². The van der Waals surface area contributed by atoms with Crippen molar-refractivity contribution in [2.45, 2.75) is 26.2 Å². The molecule has 3 heteroatoms. The van der Waals surface area contributed by atoms with Crippen molar-refractivity contribution in [3.05, 3.63) is 46.8 Å². The van der Waals surface area contributed by atoms with E-state index in [-0.39, 0.29) is 5.41 Å². The Morgan fingerprint density at radius 2 is 1.84 bits per heavy atom. The number of rotatable bonds is 1. The van der Waals surface area contributed by atoms with Crippen LogP contribution in [0.1, 0.15) is 26.3 Å². The fraction of sp³-hybridized carbons (Fsp3) is 0.250. The second-order valence-electron chi connectivity index (χ2n) is 5.70. The maximum Gasteiger partial charge on any atom is 0.0995 e. The molecule has 2 nitrogen and oxygen atoms in total. The molecule has 3 rings (SSSR count). The first-order chi connectivity index (χ1) is 9.05. The van der Waals surface area contributed by atoms with E-state index in [0.29, 0.717) is 0 Å². The second kappa shape index (κ2) is 4.42. The van der Waals surface area contributed by atoms with Crippen molar-refractivity contribution in [3.63, 3.8) is 0 Å². The molecule has 0 spiro atoms. The molecule has 0 amide bonds. The van der Waals surface area contributed by atoms with Crippen LogP contribution >= 0.6 is 11.3 Å². The van der Waals surface area contributed by atoms with Crippen LogP contribution in [0.2, 0.25) is 0 Å². The van der Waals surface area contributed by atoms with Crippen LogP contribution in [0.25, 0.3) is 22.3 Å². The van der Waals surface area contributed by atoms with Gasteiger partial charge in [-0.15, -0.1) is 11.3 Å². The van der Waals surface area contributed by atoms with Gasteiger partial charge in [0.2, 0.25) is 0 Å². The summed E-state index contributed by atoms with van der Waals surface area (Å²) in [4.78, 5) is 9.11. The van der Waals surface area contributed by atoms with E-state index in [1.165, 1.54) is 10.9 Å². The molecule has 1 aromatic carbocycles. The number of fused-ring (bicyclic) bond motifs is 1. The zero-order valence-corrected chi connectivity index (χ0v) is 12.2. The molecule has 0 aliphatic carbocycles. The van der Waals surface area contributed by atoms with E-state index in [1.54, 1.807) is 11.3 Å². The summed E-state index contributed by atoms with van der Waals surface area (Å²) < 4.78 is 0. The predicted molar refractivity (Wildman–Crippen MR) is 81.6 cm³/mol. The highest BCUT2D eigenvalue weighted by molar-refractivity contribution is 7.07. The van der Waals surface area contributed by atoms with Gasteiger partial charge in [0.1, 0.15) is 0 Å². The number of aromatic nitrogens is 2. The predicted octanol–water partition coefficient (Wildman–Crippen LogP) is 4.66. The Bertz CT molecular complexity index is 709. The van der Waals surface area contributed by atoms with Crippen molar-refractivity contribution in [2.75, 3.05) is 0 Å². The van der Waals surface area contributed by atoms with E-state index >= 15 is 0 Å². The normalized spacial score (nSPS) is 11.9. The van der Waals surface area contributed by atoms with Crippen LogP contribution in [-0.2, 0) is 5.41 Å². The maximum absolute atomic E-state index is 4.74. The fourth-order valence-corrected chi connectivity index (χ4v) is 2.81. The van der Waals surface area contributed by atoms with Crippen LogP contribution in [0.5, 0.6) is 0 Å². The smallest absolute Gasteiger partial charge is 0.0995 e. The van der Waals surface area contributed by atoms with Crippen molar-refractivity contribution in [1.29, 1.82) is 0 Å². The fourth-order valence-electron chi connectivity index (χ4n) is 2.27. The van der Waals surface area contributed by atoms with Gasteiger partial charge in [-0.3, -0.25) is 0 Å². The monoisotopic (exact) mass is 268 g/mol. The summed E-state index contributed by atoms with van der Waals surface area (Å²) in [7, 11) is 0. The van der Waals surface area contributed by atoms with Gasteiger partial charge in [-0.2, -0.15) is 0 Å². The topological polar surface area (TPSA) is 25.8 Å². The lowest BCUT2D eigenvalue weighted by Crippen LogP contribution is -2.12. The quantitative estimate of drug-likeness (QED) is 0.641. The Labute approximate surface area is 117 Å². The van der Waals surface area contributed by atoms with Crippen molar-refractivity contribution < 1.29 is 0 Å². The van der Waals surface area contributed by atoms with Crippen LogP contribution in [0.3, 0.4) is 0 Å². The first kappa shape index (κ1) is 12.3. The second-order valence-corrected chi connectivity index (χ2v) is 6.41. The number of hydrogen-bond donors (Lipinski definition) is 0. The number of pyridine rings is 1. The Morgan fingerprint density at radius 3 is 2.53 bits per heavy atom. The molecular weight excluding hydrogens is 252 g/mol. The third kappa shape index (κ3) is 2.26. The lowest BCUT2D eigenvalue weighted by Gasteiger charge is -2.22. The molecule has 2 aromatic heterocycles. The Kier molecular flexibility index (Phi) is 2.86. The third-order valence-corrected chi connectivity index (χ3v) is 3.81. The van der Waals surface area contributed by atoms with Crippen LogP contribution in [0.4, 0.5) is 0 Å². The number of thiazole rings is 1. The van der Waals surface area contributed by atoms with Crippen molar-refractivity contribution in [2.24, 2.45) is 0 Å². The van der Waals surface area contributed by atoms with E-state index in [2.05, 4.69) is 50.0 Å². The molecule has 0 aliphatic heterocycles. The summed E-state index contributed by atoms with van der Waals surface area (Å²) >= 11 is 1.60. The highest BCUT2D eigenvalue weighted by Gasteiger charge is 2.19. The largest absolute Gasteiger partial charge is 0.246 e. The summed E-state index contributed by atoms with van der Waals surface area (Å²) in [5.74, 6) is 0. The molecule has 0 N–H and O–H groups in total. The average Bonchev–Trinajstić information content (AvgIpc) is 2.90. The highest BCUT2D eigenvalue weighted by Crippen LogP contribution is 2.32. The van der Waals surface area contributed by atoms with Crippen LogP contribution in [-0.4, -0.2) is 9.97 Å². The molecule has 0 atom stereocenters. The molecular formula is C16H16N2S. The summed E-state index contributed by atoms with van der Waals surface area (Å²) in [6, 6.07) is 10.5. The lowest BCUT2D eigenvalue weighted by molar-refractivity contribution is 0.595. The van der Waals surface area contributed by atoms with Crippen LogP contribution in [0.15, 0.2) is 41.2 Å². The van der Waals surface area contributed by atoms with E-state index in [4.69, 9.17) is 4.98 Å². The maximum atomic E-state index is 4.74. The summed E-state index contributed by atoms with van der Waals surface area (Å²) in [6.07, 6.45) is 0. The van der Waals surface area contributed by atoms with Gasteiger partial charge in [0.15, 0.2) is 0 Å². The first-order valence-corrected chi connectivity index (χ1v) is 7.29. The minimum atomic E-state index is 0.0906. The summed E-state index contributed by atoms with van der Waals surface area (Å²) in [5, 5.41) is 3.28. The average molecular weight is 268 g/mol. The summed E-state index contributed by atoms with van der Waals surface area (Å²) in [6.45, 7) is 6.71. The van der Waals surface area contributed by atoms with Crippen LogP contribution in [0, 0.1) is 0 Å². The minimum absolute atomic E-state index is 0.0906. The van der Waals surface area contributed by atoms with Gasteiger partial charge < -0.3 is 0 Å². The van der Waals surface area contributed by atoms with Crippen molar-refractivity contribution >= 4 is 22.2 Å². The van der Waals surface area contributed by atoms with Gasteiger partial charge in [0, 0.05) is 10.8 Å². The van der Waals surface area contributed by atoms with E-state index in [1.807, 2.05) is 17.0 Å². The molecule has 0 fully saturated rings. The van der Waals surface area contributed by atoms with Crippen molar-refractivity contribution in [1.82, 2.24) is 9.97 Å². The van der Waals surface area contributed by atoms with E-state index in [0.717, 1.165) is 16.9 Å². The van der Waals surface area contributed by atoms with E-state index in [9.17, 15) is 0 Å². The zero-order valence-electron chi connectivity index (χ0n) is 11.3. The van der Waals surface area contributed by atoms with Gasteiger partial charge in [-0.05, 0) is 23.1 Å². The summed E-state index contributed by atoms with van der Waals surface area (Å²) in [5.41, 5.74) is 6.22.